The van der Waals surface area contributed by atoms with Crippen LogP contribution < -0.4 is 5.32 Å². The zero-order valence-corrected chi connectivity index (χ0v) is 16.6. The highest BCUT2D eigenvalue weighted by molar-refractivity contribution is 5.94. The minimum absolute atomic E-state index is 0.103. The molecule has 1 fully saturated rings. The summed E-state index contributed by atoms with van der Waals surface area (Å²) in [6, 6.07) is 13.7. The molecule has 1 aliphatic rings. The summed E-state index contributed by atoms with van der Waals surface area (Å²) in [6.45, 7) is 5.10. The van der Waals surface area contributed by atoms with Crippen molar-refractivity contribution in [1.29, 1.82) is 0 Å². The molecule has 154 valence electrons. The maximum absolute atomic E-state index is 12.5. The van der Waals surface area contributed by atoms with Gasteiger partial charge in [0.2, 0.25) is 0 Å². The van der Waals surface area contributed by atoms with Gasteiger partial charge in [0.05, 0.1) is 25.3 Å². The second kappa shape index (κ2) is 9.43. The molecule has 2 N–H and O–H groups in total. The third kappa shape index (κ3) is 5.71. The number of phenols is 1. The lowest BCUT2D eigenvalue weighted by atomic mass is 10.1. The van der Waals surface area contributed by atoms with E-state index in [1.807, 2.05) is 38.1 Å². The summed E-state index contributed by atoms with van der Waals surface area (Å²) in [4.78, 5) is 26.4. The monoisotopic (exact) mass is 398 g/mol. The Balaban J connectivity index is 1.49. The number of amides is 2. The number of hydrogen-bond donors (Lipinski definition) is 2. The summed E-state index contributed by atoms with van der Waals surface area (Å²) in [7, 11) is 0. The maximum Gasteiger partial charge on any atom is 0.410 e. The first-order valence-corrected chi connectivity index (χ1v) is 9.60. The summed E-state index contributed by atoms with van der Waals surface area (Å²) >= 11 is 0. The fraction of sp³-hybridized carbons (Fsp3) is 0.364. The number of aromatic hydroxyl groups is 1. The van der Waals surface area contributed by atoms with E-state index in [1.165, 1.54) is 12.1 Å². The Morgan fingerprint density at radius 1 is 1.17 bits per heavy atom. The predicted molar refractivity (Wildman–Crippen MR) is 108 cm³/mol. The van der Waals surface area contributed by atoms with E-state index in [0.717, 1.165) is 11.1 Å². The van der Waals surface area contributed by atoms with Gasteiger partial charge in [0.1, 0.15) is 12.4 Å². The molecule has 7 heteroatoms. The molecule has 0 aliphatic carbocycles. The van der Waals surface area contributed by atoms with Crippen LogP contribution in [0.1, 0.15) is 28.4 Å². The van der Waals surface area contributed by atoms with E-state index in [1.54, 1.807) is 17.0 Å². The van der Waals surface area contributed by atoms with Crippen molar-refractivity contribution in [1.82, 2.24) is 10.2 Å². The lowest BCUT2D eigenvalue weighted by Crippen LogP contribution is -2.53. The standard InChI is InChI=1S/C22H26N2O5/c1-15-3-5-17(6-4-15)14-29-22(27)24-12-20(28-13-16(24)2)11-23-21(26)18-7-9-19(25)10-8-18/h3-10,16,20,25H,11-14H2,1-2H3,(H,23,26)/t16-,20-/m1/s1. The van der Waals surface area contributed by atoms with Crippen LogP contribution in [0.5, 0.6) is 5.75 Å². The van der Waals surface area contributed by atoms with Gasteiger partial charge in [-0.15, -0.1) is 0 Å². The van der Waals surface area contributed by atoms with Gasteiger partial charge in [0, 0.05) is 12.1 Å². The third-order valence-corrected chi connectivity index (χ3v) is 4.84. The summed E-state index contributed by atoms with van der Waals surface area (Å²) in [5.41, 5.74) is 2.53. The van der Waals surface area contributed by atoms with E-state index >= 15 is 0 Å². The van der Waals surface area contributed by atoms with Crippen LogP contribution in [0.2, 0.25) is 0 Å². The maximum atomic E-state index is 12.5. The van der Waals surface area contributed by atoms with Gasteiger partial charge in [-0.3, -0.25) is 4.79 Å². The highest BCUT2D eigenvalue weighted by atomic mass is 16.6. The van der Waals surface area contributed by atoms with Crippen LogP contribution in [-0.2, 0) is 16.1 Å². The Labute approximate surface area is 170 Å². The minimum atomic E-state index is -0.392. The van der Waals surface area contributed by atoms with Crippen molar-refractivity contribution in [3.05, 3.63) is 65.2 Å². The molecule has 0 radical (unpaired) electrons. The predicted octanol–water partition coefficient (Wildman–Crippen LogP) is 2.86. The van der Waals surface area contributed by atoms with Gasteiger partial charge >= 0.3 is 6.09 Å². The topological polar surface area (TPSA) is 88.1 Å². The second-order valence-electron chi connectivity index (χ2n) is 7.25. The summed E-state index contributed by atoms with van der Waals surface area (Å²) < 4.78 is 11.2. The molecule has 0 spiro atoms. The van der Waals surface area contributed by atoms with E-state index < -0.39 is 6.09 Å². The van der Waals surface area contributed by atoms with Crippen molar-refractivity contribution in [2.75, 3.05) is 19.7 Å². The zero-order chi connectivity index (χ0) is 20.8. The molecule has 2 atom stereocenters. The van der Waals surface area contributed by atoms with Crippen LogP contribution >= 0.6 is 0 Å². The van der Waals surface area contributed by atoms with Crippen molar-refractivity contribution >= 4 is 12.0 Å². The Hall–Kier alpha value is -3.06. The molecule has 0 aromatic heterocycles. The summed E-state index contributed by atoms with van der Waals surface area (Å²) in [5.74, 6) is -0.160. The Kier molecular flexibility index (Phi) is 6.72. The van der Waals surface area contributed by atoms with Crippen molar-refractivity contribution in [3.63, 3.8) is 0 Å². The first-order valence-electron chi connectivity index (χ1n) is 9.60. The number of ether oxygens (including phenoxy) is 2. The van der Waals surface area contributed by atoms with Gasteiger partial charge in [-0.25, -0.2) is 4.79 Å². The van der Waals surface area contributed by atoms with Crippen molar-refractivity contribution in [2.24, 2.45) is 0 Å². The molecule has 0 unspecified atom stereocenters. The number of phenolic OH excluding ortho intramolecular Hbond substituents is 1. The van der Waals surface area contributed by atoms with Crippen molar-refractivity contribution in [2.45, 2.75) is 32.6 Å². The lowest BCUT2D eigenvalue weighted by Gasteiger charge is -2.37. The van der Waals surface area contributed by atoms with Gasteiger partial charge in [-0.05, 0) is 43.7 Å². The van der Waals surface area contributed by atoms with Crippen LogP contribution in [0.25, 0.3) is 0 Å². The molecule has 2 amide bonds. The number of aryl methyl sites for hydroxylation is 1. The number of rotatable bonds is 5. The smallest absolute Gasteiger partial charge is 0.410 e. The van der Waals surface area contributed by atoms with Crippen molar-refractivity contribution < 1.29 is 24.2 Å². The fourth-order valence-electron chi connectivity index (χ4n) is 3.03. The van der Waals surface area contributed by atoms with Gasteiger partial charge in [-0.1, -0.05) is 29.8 Å². The van der Waals surface area contributed by atoms with Crippen LogP contribution in [-0.4, -0.2) is 53.8 Å². The van der Waals surface area contributed by atoms with E-state index in [0.29, 0.717) is 18.7 Å². The average Bonchev–Trinajstić information content (AvgIpc) is 2.72. The first-order chi connectivity index (χ1) is 13.9. The van der Waals surface area contributed by atoms with Gasteiger partial charge < -0.3 is 24.8 Å². The Morgan fingerprint density at radius 2 is 1.86 bits per heavy atom. The van der Waals surface area contributed by atoms with E-state index in [2.05, 4.69) is 5.32 Å². The third-order valence-electron chi connectivity index (χ3n) is 4.84. The Bertz CT molecular complexity index is 835. The first kappa shape index (κ1) is 20.7. The molecule has 2 aromatic carbocycles. The number of carbonyl (C=O) groups excluding carboxylic acids is 2. The molecular formula is C22H26N2O5. The molecule has 3 rings (SSSR count). The van der Waals surface area contributed by atoms with Crippen LogP contribution in [0.15, 0.2) is 48.5 Å². The van der Waals surface area contributed by atoms with Crippen molar-refractivity contribution in [3.8, 4) is 5.75 Å². The number of nitrogens with zero attached hydrogens (tertiary/aromatic N) is 1. The van der Waals surface area contributed by atoms with Crippen LogP contribution in [0, 0.1) is 6.92 Å². The van der Waals surface area contributed by atoms with Gasteiger partial charge in [0.15, 0.2) is 0 Å². The van der Waals surface area contributed by atoms with E-state index in [-0.39, 0.29) is 37.0 Å². The van der Waals surface area contributed by atoms with E-state index in [9.17, 15) is 14.7 Å². The van der Waals surface area contributed by atoms with E-state index in [4.69, 9.17) is 9.47 Å². The quantitative estimate of drug-likeness (QED) is 0.809. The van der Waals surface area contributed by atoms with Crippen LogP contribution in [0.3, 0.4) is 0 Å². The lowest BCUT2D eigenvalue weighted by molar-refractivity contribution is -0.0524. The molecule has 0 saturated carbocycles. The average molecular weight is 398 g/mol. The number of nitrogens with one attached hydrogen (secondary N) is 1. The molecule has 1 heterocycles. The number of benzene rings is 2. The normalized spacial score (nSPS) is 18.9. The van der Waals surface area contributed by atoms with Crippen LogP contribution in [0.4, 0.5) is 4.79 Å². The molecule has 0 bridgehead atoms. The largest absolute Gasteiger partial charge is 0.508 e. The highest BCUT2D eigenvalue weighted by Gasteiger charge is 2.31. The summed E-state index contributed by atoms with van der Waals surface area (Å²) in [5, 5.41) is 12.1. The molecule has 7 nitrogen and oxygen atoms in total. The molecule has 1 saturated heterocycles. The zero-order valence-electron chi connectivity index (χ0n) is 16.6. The Morgan fingerprint density at radius 3 is 2.55 bits per heavy atom. The highest BCUT2D eigenvalue weighted by Crippen LogP contribution is 2.15. The van der Waals surface area contributed by atoms with Gasteiger partial charge in [-0.2, -0.15) is 0 Å². The number of carbonyl (C=O) groups is 2. The van der Waals surface area contributed by atoms with Gasteiger partial charge in [0.25, 0.3) is 5.91 Å². The summed E-state index contributed by atoms with van der Waals surface area (Å²) in [6.07, 6.45) is -0.713. The molecular weight excluding hydrogens is 372 g/mol. The second-order valence-corrected chi connectivity index (χ2v) is 7.25. The number of morpholine rings is 1. The fourth-order valence-corrected chi connectivity index (χ4v) is 3.03. The molecule has 1 aliphatic heterocycles. The minimum Gasteiger partial charge on any atom is -0.508 e. The number of hydrogen-bond acceptors (Lipinski definition) is 5. The molecule has 29 heavy (non-hydrogen) atoms. The molecule has 2 aromatic rings. The SMILES string of the molecule is Cc1ccc(COC(=O)N2C[C@@H](CNC(=O)c3ccc(O)cc3)OC[C@H]2C)cc1.